The van der Waals surface area contributed by atoms with Crippen LogP contribution in [-0.2, 0) is 0 Å². The van der Waals surface area contributed by atoms with Crippen LogP contribution in [0.4, 0.5) is 5.69 Å². The second kappa shape index (κ2) is 4.64. The summed E-state index contributed by atoms with van der Waals surface area (Å²) in [5, 5.41) is 4.83. The lowest BCUT2D eigenvalue weighted by atomic mass is 9.98. The van der Waals surface area contributed by atoms with Gasteiger partial charge >= 0.3 is 0 Å². The van der Waals surface area contributed by atoms with Gasteiger partial charge in [-0.2, -0.15) is 0 Å². The molecule has 0 amide bonds. The Morgan fingerprint density at radius 2 is 1.19 bits per heavy atom. The van der Waals surface area contributed by atoms with E-state index in [2.05, 4.69) is 66.7 Å². The Labute approximate surface area is 123 Å². The Hall–Kier alpha value is -2.80. The minimum absolute atomic E-state index is 0.831. The number of nitrogens with two attached hydrogens (primary N) is 1. The second-order valence-corrected chi connectivity index (χ2v) is 5.35. The van der Waals surface area contributed by atoms with E-state index in [1.807, 2.05) is 12.1 Å². The van der Waals surface area contributed by atoms with Crippen molar-refractivity contribution in [2.45, 2.75) is 0 Å². The number of fused-ring (bicyclic) bond motifs is 2. The molecular formula is C20H15N. The number of hydrogen-bond donors (Lipinski definition) is 1. The molecule has 4 aromatic carbocycles. The molecule has 2 N–H and O–H groups in total. The maximum Gasteiger partial charge on any atom is 0.0393 e. The van der Waals surface area contributed by atoms with E-state index >= 15 is 0 Å². The molecule has 0 saturated carbocycles. The molecule has 1 nitrogen and oxygen atoms in total. The van der Waals surface area contributed by atoms with Gasteiger partial charge in [-0.3, -0.25) is 0 Å². The summed E-state index contributed by atoms with van der Waals surface area (Å²) in [5.41, 5.74) is 9.31. The molecule has 0 spiro atoms. The quantitative estimate of drug-likeness (QED) is 0.470. The predicted molar refractivity (Wildman–Crippen MR) is 91.3 cm³/mol. The first-order valence-corrected chi connectivity index (χ1v) is 7.09. The Morgan fingerprint density at radius 1 is 0.524 bits per heavy atom. The van der Waals surface area contributed by atoms with Crippen LogP contribution in [0, 0.1) is 0 Å². The largest absolute Gasteiger partial charge is 0.398 e. The number of anilines is 1. The molecule has 4 aromatic rings. The number of hydrogen-bond acceptors (Lipinski definition) is 1. The highest BCUT2D eigenvalue weighted by Crippen LogP contribution is 2.29. The first-order chi connectivity index (χ1) is 10.3. The molecular weight excluding hydrogens is 254 g/mol. The van der Waals surface area contributed by atoms with Gasteiger partial charge < -0.3 is 5.73 Å². The molecule has 0 aliphatic heterocycles. The molecule has 0 saturated heterocycles. The summed E-state index contributed by atoms with van der Waals surface area (Å²) in [6, 6.07) is 27.5. The highest BCUT2D eigenvalue weighted by Gasteiger charge is 2.03. The van der Waals surface area contributed by atoms with E-state index in [1.54, 1.807) is 0 Å². The van der Waals surface area contributed by atoms with Crippen LogP contribution in [0.15, 0.2) is 78.9 Å². The van der Waals surface area contributed by atoms with Gasteiger partial charge in [0.15, 0.2) is 0 Å². The summed E-state index contributed by atoms with van der Waals surface area (Å²) in [7, 11) is 0. The summed E-state index contributed by atoms with van der Waals surface area (Å²) in [5.74, 6) is 0. The van der Waals surface area contributed by atoms with Gasteiger partial charge in [0, 0.05) is 11.1 Å². The van der Waals surface area contributed by atoms with Crippen molar-refractivity contribution in [2.75, 3.05) is 5.73 Å². The van der Waals surface area contributed by atoms with Crippen molar-refractivity contribution < 1.29 is 0 Å². The molecule has 0 heterocycles. The maximum atomic E-state index is 6.02. The Balaban J connectivity index is 1.91. The van der Waals surface area contributed by atoms with E-state index in [4.69, 9.17) is 5.73 Å². The van der Waals surface area contributed by atoms with E-state index in [9.17, 15) is 0 Å². The summed E-state index contributed by atoms with van der Waals surface area (Å²) in [6.45, 7) is 0. The molecule has 21 heavy (non-hydrogen) atoms. The van der Waals surface area contributed by atoms with E-state index in [1.165, 1.54) is 27.3 Å². The number of nitrogen functional groups attached to an aromatic ring is 1. The van der Waals surface area contributed by atoms with Gasteiger partial charge in [-0.15, -0.1) is 0 Å². The monoisotopic (exact) mass is 269 g/mol. The first kappa shape index (κ1) is 12.0. The lowest BCUT2D eigenvalue weighted by molar-refractivity contribution is 1.67. The van der Waals surface area contributed by atoms with Crippen LogP contribution in [-0.4, -0.2) is 0 Å². The van der Waals surface area contributed by atoms with Crippen LogP contribution < -0.4 is 5.73 Å². The Morgan fingerprint density at radius 3 is 2.05 bits per heavy atom. The van der Waals surface area contributed by atoms with Crippen molar-refractivity contribution in [3.8, 4) is 11.1 Å². The Kier molecular flexibility index (Phi) is 2.65. The molecule has 0 aliphatic carbocycles. The summed E-state index contributed by atoms with van der Waals surface area (Å²) < 4.78 is 0. The van der Waals surface area contributed by atoms with Crippen molar-refractivity contribution in [1.29, 1.82) is 0 Å². The molecule has 0 radical (unpaired) electrons. The zero-order valence-corrected chi connectivity index (χ0v) is 11.6. The molecule has 0 unspecified atom stereocenters. The summed E-state index contributed by atoms with van der Waals surface area (Å²) in [4.78, 5) is 0. The number of benzene rings is 4. The molecule has 0 aromatic heterocycles. The Bertz CT molecular complexity index is 954. The third-order valence-corrected chi connectivity index (χ3v) is 4.00. The van der Waals surface area contributed by atoms with Gasteiger partial charge in [0.05, 0.1) is 0 Å². The summed E-state index contributed by atoms with van der Waals surface area (Å²) in [6.07, 6.45) is 0. The van der Waals surface area contributed by atoms with Gasteiger partial charge in [-0.25, -0.2) is 0 Å². The number of rotatable bonds is 1. The van der Waals surface area contributed by atoms with Crippen molar-refractivity contribution in [2.24, 2.45) is 0 Å². The van der Waals surface area contributed by atoms with Crippen LogP contribution in [0.25, 0.3) is 32.7 Å². The molecule has 100 valence electrons. The van der Waals surface area contributed by atoms with Crippen molar-refractivity contribution >= 4 is 27.2 Å². The van der Waals surface area contributed by atoms with Crippen LogP contribution in [0.1, 0.15) is 0 Å². The standard InChI is InChI=1S/C20H15N/c21-20-7-3-6-18-13-17(10-11-19(18)20)16-9-8-14-4-1-2-5-15(14)12-16/h1-13H,21H2. The molecule has 0 bridgehead atoms. The van der Waals surface area contributed by atoms with Crippen molar-refractivity contribution in [3.05, 3.63) is 78.9 Å². The topological polar surface area (TPSA) is 26.0 Å². The molecule has 0 fully saturated rings. The highest BCUT2D eigenvalue weighted by atomic mass is 14.5. The third-order valence-electron chi connectivity index (χ3n) is 4.00. The zero-order valence-electron chi connectivity index (χ0n) is 11.6. The molecule has 0 aliphatic rings. The van der Waals surface area contributed by atoms with E-state index in [0.717, 1.165) is 11.1 Å². The van der Waals surface area contributed by atoms with E-state index < -0.39 is 0 Å². The fourth-order valence-electron chi connectivity index (χ4n) is 2.86. The smallest absolute Gasteiger partial charge is 0.0393 e. The molecule has 1 heteroatoms. The van der Waals surface area contributed by atoms with Crippen LogP contribution in [0.3, 0.4) is 0 Å². The maximum absolute atomic E-state index is 6.02. The SMILES string of the molecule is Nc1cccc2cc(-c3ccc4ccccc4c3)ccc12. The first-order valence-electron chi connectivity index (χ1n) is 7.09. The fraction of sp³-hybridized carbons (Fsp3) is 0. The lowest BCUT2D eigenvalue weighted by Gasteiger charge is -2.07. The average molecular weight is 269 g/mol. The highest BCUT2D eigenvalue weighted by molar-refractivity contribution is 5.96. The summed E-state index contributed by atoms with van der Waals surface area (Å²) >= 11 is 0. The van der Waals surface area contributed by atoms with Gasteiger partial charge in [0.1, 0.15) is 0 Å². The molecule has 0 atom stereocenters. The third kappa shape index (κ3) is 2.03. The minimum atomic E-state index is 0.831. The van der Waals surface area contributed by atoms with Crippen molar-refractivity contribution in [3.63, 3.8) is 0 Å². The van der Waals surface area contributed by atoms with Gasteiger partial charge in [-0.1, -0.05) is 60.7 Å². The van der Waals surface area contributed by atoms with Gasteiger partial charge in [0.2, 0.25) is 0 Å². The van der Waals surface area contributed by atoms with Gasteiger partial charge in [0.25, 0.3) is 0 Å². The zero-order chi connectivity index (χ0) is 14.2. The predicted octanol–water partition coefficient (Wildman–Crippen LogP) is 5.24. The van der Waals surface area contributed by atoms with Crippen molar-refractivity contribution in [1.82, 2.24) is 0 Å². The lowest BCUT2D eigenvalue weighted by Crippen LogP contribution is -1.87. The van der Waals surface area contributed by atoms with Crippen LogP contribution in [0.2, 0.25) is 0 Å². The fourth-order valence-corrected chi connectivity index (χ4v) is 2.86. The van der Waals surface area contributed by atoms with E-state index in [-0.39, 0.29) is 0 Å². The normalized spacial score (nSPS) is 11.0. The average Bonchev–Trinajstić information content (AvgIpc) is 2.54. The van der Waals surface area contributed by atoms with Crippen LogP contribution >= 0.6 is 0 Å². The minimum Gasteiger partial charge on any atom is -0.398 e. The molecule has 4 rings (SSSR count). The van der Waals surface area contributed by atoms with Crippen LogP contribution in [0.5, 0.6) is 0 Å². The second-order valence-electron chi connectivity index (χ2n) is 5.35. The van der Waals surface area contributed by atoms with E-state index in [0.29, 0.717) is 0 Å². The van der Waals surface area contributed by atoms with Gasteiger partial charge in [-0.05, 0) is 45.5 Å².